The number of para-hydroxylation sites is 1. The maximum Gasteiger partial charge on any atom is 0.314 e. The van der Waals surface area contributed by atoms with Crippen molar-refractivity contribution in [2.24, 2.45) is 10.9 Å². The van der Waals surface area contributed by atoms with Crippen LogP contribution in [-0.4, -0.2) is 37.0 Å². The number of fused-ring (bicyclic) bond motifs is 1. The zero-order valence-electron chi connectivity index (χ0n) is 14.6. The minimum Gasteiger partial charge on any atom is -0.489 e. The van der Waals surface area contributed by atoms with Gasteiger partial charge < -0.3 is 9.84 Å². The van der Waals surface area contributed by atoms with E-state index in [0.29, 0.717) is 23.6 Å². The topological polar surface area (TPSA) is 102 Å². The van der Waals surface area contributed by atoms with Crippen molar-refractivity contribution >= 4 is 17.6 Å². The Hall–Kier alpha value is -3.55. The van der Waals surface area contributed by atoms with Crippen LogP contribution in [0.1, 0.15) is 24.1 Å². The minimum absolute atomic E-state index is 0.285. The van der Waals surface area contributed by atoms with Crippen LogP contribution in [0.2, 0.25) is 0 Å². The number of ether oxygens (including phenoxy) is 1. The zero-order valence-corrected chi connectivity index (χ0v) is 14.6. The number of carbonyl (C=O) groups is 1. The average molecular weight is 363 g/mol. The lowest BCUT2D eigenvalue weighted by Crippen LogP contribution is -2.36. The van der Waals surface area contributed by atoms with Gasteiger partial charge in [-0.1, -0.05) is 53.6 Å². The van der Waals surface area contributed by atoms with Crippen LogP contribution in [-0.2, 0) is 11.4 Å². The van der Waals surface area contributed by atoms with Crippen molar-refractivity contribution in [1.29, 1.82) is 0 Å². The largest absolute Gasteiger partial charge is 0.489 e. The van der Waals surface area contributed by atoms with E-state index in [1.54, 1.807) is 6.92 Å². The van der Waals surface area contributed by atoms with Gasteiger partial charge in [0.2, 0.25) is 0 Å². The maximum atomic E-state index is 12.0. The Morgan fingerprint density at radius 2 is 1.89 bits per heavy atom. The first-order chi connectivity index (χ1) is 13.1. The smallest absolute Gasteiger partial charge is 0.314 e. The SMILES string of the molecule is CC1=Nc2nnnn2C(c2ccccc2OCc2ccccc2)C1C(=O)O. The van der Waals surface area contributed by atoms with Gasteiger partial charge in [-0.2, -0.15) is 0 Å². The van der Waals surface area contributed by atoms with Crippen LogP contribution < -0.4 is 4.74 Å². The molecule has 1 aliphatic rings. The predicted octanol–water partition coefficient (Wildman–Crippen LogP) is 2.65. The Balaban J connectivity index is 1.74. The molecule has 0 saturated heterocycles. The van der Waals surface area contributed by atoms with E-state index in [1.807, 2.05) is 54.6 Å². The molecule has 0 amide bonds. The van der Waals surface area contributed by atoms with Crippen LogP contribution in [0, 0.1) is 5.92 Å². The van der Waals surface area contributed by atoms with Crippen molar-refractivity contribution in [3.8, 4) is 5.75 Å². The average Bonchev–Trinajstić information content (AvgIpc) is 3.14. The molecule has 0 fully saturated rings. The summed E-state index contributed by atoms with van der Waals surface area (Å²) in [5.41, 5.74) is 2.17. The van der Waals surface area contributed by atoms with E-state index in [9.17, 15) is 9.90 Å². The molecule has 0 bridgehead atoms. The van der Waals surface area contributed by atoms with Crippen LogP contribution in [0.3, 0.4) is 0 Å². The van der Waals surface area contributed by atoms with Crippen molar-refractivity contribution in [2.75, 3.05) is 0 Å². The van der Waals surface area contributed by atoms with Gasteiger partial charge >= 0.3 is 5.97 Å². The summed E-state index contributed by atoms with van der Waals surface area (Å²) in [5, 5.41) is 21.3. The fraction of sp³-hybridized carbons (Fsp3) is 0.211. The second-order valence-electron chi connectivity index (χ2n) is 6.25. The van der Waals surface area contributed by atoms with E-state index in [2.05, 4.69) is 20.5 Å². The van der Waals surface area contributed by atoms with Crippen molar-refractivity contribution in [3.05, 3.63) is 65.7 Å². The Morgan fingerprint density at radius 3 is 2.67 bits per heavy atom. The Morgan fingerprint density at radius 1 is 1.15 bits per heavy atom. The lowest BCUT2D eigenvalue weighted by atomic mass is 9.88. The van der Waals surface area contributed by atoms with Crippen molar-refractivity contribution in [1.82, 2.24) is 20.2 Å². The van der Waals surface area contributed by atoms with Crippen LogP contribution >= 0.6 is 0 Å². The molecule has 1 aliphatic heterocycles. The van der Waals surface area contributed by atoms with Crippen LogP contribution in [0.25, 0.3) is 0 Å². The number of nitrogens with zero attached hydrogens (tertiary/aromatic N) is 5. The highest BCUT2D eigenvalue weighted by molar-refractivity contribution is 6.02. The summed E-state index contributed by atoms with van der Waals surface area (Å²) in [7, 11) is 0. The lowest BCUT2D eigenvalue weighted by Gasteiger charge is -2.29. The summed E-state index contributed by atoms with van der Waals surface area (Å²) in [6.07, 6.45) is 0. The molecular weight excluding hydrogens is 346 g/mol. The molecule has 8 heteroatoms. The molecule has 0 saturated carbocycles. The monoisotopic (exact) mass is 363 g/mol. The molecular formula is C19H17N5O3. The molecule has 3 aromatic rings. The number of aromatic nitrogens is 4. The number of benzene rings is 2. The van der Waals surface area contributed by atoms with Gasteiger partial charge in [0.15, 0.2) is 0 Å². The summed E-state index contributed by atoms with van der Waals surface area (Å²) < 4.78 is 7.46. The van der Waals surface area contributed by atoms with Gasteiger partial charge in [0.25, 0.3) is 5.95 Å². The molecule has 136 valence electrons. The third-order valence-electron chi connectivity index (χ3n) is 4.52. The van der Waals surface area contributed by atoms with E-state index in [1.165, 1.54) is 4.68 Å². The van der Waals surface area contributed by atoms with Gasteiger partial charge in [-0.25, -0.2) is 9.67 Å². The van der Waals surface area contributed by atoms with Gasteiger partial charge in [0.1, 0.15) is 24.3 Å². The molecule has 27 heavy (non-hydrogen) atoms. The number of carboxylic acid groups (broad SMARTS) is 1. The first-order valence-corrected chi connectivity index (χ1v) is 8.46. The summed E-state index contributed by atoms with van der Waals surface area (Å²) >= 11 is 0. The van der Waals surface area contributed by atoms with Crippen LogP contribution in [0.5, 0.6) is 5.75 Å². The minimum atomic E-state index is -0.986. The standard InChI is InChI=1S/C19H17N5O3/c1-12-16(18(25)26)17(24-19(20-12)21-22-23-24)14-9-5-6-10-15(14)27-11-13-7-3-2-4-8-13/h2-10,16-17H,11H2,1H3,(H,25,26). The van der Waals surface area contributed by atoms with Gasteiger partial charge in [-0.15, -0.1) is 0 Å². The molecule has 2 atom stereocenters. The fourth-order valence-corrected chi connectivity index (χ4v) is 3.26. The third-order valence-corrected chi connectivity index (χ3v) is 4.52. The quantitative estimate of drug-likeness (QED) is 0.747. The van der Waals surface area contributed by atoms with E-state index in [4.69, 9.17) is 4.74 Å². The highest BCUT2D eigenvalue weighted by Crippen LogP contribution is 2.38. The lowest BCUT2D eigenvalue weighted by molar-refractivity contribution is -0.140. The molecule has 0 spiro atoms. The molecule has 8 nitrogen and oxygen atoms in total. The number of carboxylic acids is 1. The fourth-order valence-electron chi connectivity index (χ4n) is 3.26. The molecule has 2 aromatic carbocycles. The first kappa shape index (κ1) is 16.9. The van der Waals surface area contributed by atoms with Gasteiger partial charge in [-0.05, 0) is 29.0 Å². The Kier molecular flexibility index (Phi) is 4.37. The number of hydrogen-bond donors (Lipinski definition) is 1. The maximum absolute atomic E-state index is 12.0. The summed E-state index contributed by atoms with van der Waals surface area (Å²) in [4.78, 5) is 16.2. The molecule has 0 aliphatic carbocycles. The zero-order chi connectivity index (χ0) is 18.8. The van der Waals surface area contributed by atoms with Gasteiger partial charge in [0, 0.05) is 11.3 Å². The van der Waals surface area contributed by atoms with Crippen LogP contribution in [0.4, 0.5) is 5.95 Å². The number of hydrogen-bond acceptors (Lipinski definition) is 6. The van der Waals surface area contributed by atoms with Gasteiger partial charge in [0.05, 0.1) is 0 Å². The summed E-state index contributed by atoms with van der Waals surface area (Å²) in [5.74, 6) is -0.996. The van der Waals surface area contributed by atoms with E-state index in [0.717, 1.165) is 5.56 Å². The Bertz CT molecular complexity index is 999. The first-order valence-electron chi connectivity index (χ1n) is 8.46. The van der Waals surface area contributed by atoms with Crippen molar-refractivity contribution in [2.45, 2.75) is 19.6 Å². The van der Waals surface area contributed by atoms with Crippen molar-refractivity contribution in [3.63, 3.8) is 0 Å². The highest BCUT2D eigenvalue weighted by Gasteiger charge is 2.40. The van der Waals surface area contributed by atoms with E-state index < -0.39 is 17.9 Å². The highest BCUT2D eigenvalue weighted by atomic mass is 16.5. The Labute approximate surface area is 155 Å². The summed E-state index contributed by atoms with van der Waals surface area (Å²) in [6, 6.07) is 16.5. The molecule has 4 rings (SSSR count). The molecule has 2 unspecified atom stereocenters. The number of aliphatic imine (C=N–C) groups is 1. The van der Waals surface area contributed by atoms with Crippen molar-refractivity contribution < 1.29 is 14.6 Å². The summed E-state index contributed by atoms with van der Waals surface area (Å²) in [6.45, 7) is 2.05. The second-order valence-corrected chi connectivity index (χ2v) is 6.25. The number of tetrazole rings is 1. The van der Waals surface area contributed by atoms with E-state index >= 15 is 0 Å². The molecule has 0 radical (unpaired) electrons. The number of aliphatic carboxylic acids is 1. The molecule has 2 heterocycles. The van der Waals surface area contributed by atoms with Gasteiger partial charge in [-0.3, -0.25) is 4.79 Å². The van der Waals surface area contributed by atoms with Crippen LogP contribution in [0.15, 0.2) is 59.6 Å². The second kappa shape index (κ2) is 6.99. The molecule has 1 N–H and O–H groups in total. The molecule has 1 aromatic heterocycles. The third kappa shape index (κ3) is 3.17. The number of rotatable bonds is 5. The predicted molar refractivity (Wildman–Crippen MR) is 97.1 cm³/mol. The van der Waals surface area contributed by atoms with E-state index in [-0.39, 0.29) is 5.95 Å². The normalized spacial score (nSPS) is 18.5.